The summed E-state index contributed by atoms with van der Waals surface area (Å²) in [6.45, 7) is 2.59. The molecule has 0 bridgehead atoms. The minimum atomic E-state index is -0.355. The van der Waals surface area contributed by atoms with Gasteiger partial charge in [-0.1, -0.05) is 80.4 Å². The first-order chi connectivity index (χ1) is 18.5. The molecule has 4 aromatic rings. The van der Waals surface area contributed by atoms with Crippen LogP contribution in [-0.4, -0.2) is 39.6 Å². The van der Waals surface area contributed by atoms with Gasteiger partial charge in [0.05, 0.1) is 17.9 Å². The molecule has 0 saturated heterocycles. The van der Waals surface area contributed by atoms with Crippen LogP contribution >= 0.6 is 0 Å². The van der Waals surface area contributed by atoms with Crippen LogP contribution in [0.25, 0.3) is 16.9 Å². The molecule has 0 spiro atoms. The van der Waals surface area contributed by atoms with Crippen molar-refractivity contribution >= 4 is 17.6 Å². The molecule has 2 amide bonds. The fourth-order valence-electron chi connectivity index (χ4n) is 4.25. The minimum absolute atomic E-state index is 0.0443. The molecular weight excluding hydrogens is 479 g/mol. The van der Waals surface area contributed by atoms with Crippen molar-refractivity contribution in [2.45, 2.75) is 39.0 Å². The summed E-state index contributed by atoms with van der Waals surface area (Å²) in [4.78, 5) is 28.0. The zero-order chi connectivity index (χ0) is 26.7. The van der Waals surface area contributed by atoms with E-state index in [9.17, 15) is 14.0 Å². The molecule has 3 aromatic carbocycles. The van der Waals surface area contributed by atoms with Gasteiger partial charge in [-0.25, -0.2) is 9.07 Å². The van der Waals surface area contributed by atoms with Crippen molar-refractivity contribution in [3.05, 3.63) is 102 Å². The number of anilines is 1. The highest BCUT2D eigenvalue weighted by atomic mass is 19.1. The first-order valence-corrected chi connectivity index (χ1v) is 13.1. The van der Waals surface area contributed by atoms with Crippen LogP contribution in [-0.2, 0) is 16.0 Å². The number of nitrogens with one attached hydrogen (secondary N) is 1. The molecule has 0 radical (unpaired) electrons. The number of aryl methyl sites for hydroxylation is 1. The number of hydrogen-bond acceptors (Lipinski definition) is 3. The summed E-state index contributed by atoms with van der Waals surface area (Å²) in [5, 5.41) is 7.61. The Labute approximate surface area is 223 Å². The molecule has 0 fully saturated rings. The molecular formula is C31H33FN4O2. The fourth-order valence-corrected chi connectivity index (χ4v) is 4.25. The Kier molecular flexibility index (Phi) is 9.40. The maximum absolute atomic E-state index is 13.6. The van der Waals surface area contributed by atoms with Crippen molar-refractivity contribution in [3.8, 4) is 16.9 Å². The molecule has 196 valence electrons. The Hall–Kier alpha value is -4.26. The lowest BCUT2D eigenvalue weighted by Gasteiger charge is -2.22. The largest absolute Gasteiger partial charge is 0.333 e. The van der Waals surface area contributed by atoms with E-state index in [4.69, 9.17) is 0 Å². The fraction of sp³-hybridized carbons (Fsp3) is 0.258. The lowest BCUT2D eigenvalue weighted by molar-refractivity contribution is -0.134. The topological polar surface area (TPSA) is 67.2 Å². The molecule has 0 unspecified atom stereocenters. The number of benzene rings is 3. The van der Waals surface area contributed by atoms with Gasteiger partial charge in [-0.15, -0.1) is 0 Å². The van der Waals surface area contributed by atoms with Crippen LogP contribution < -0.4 is 5.32 Å². The van der Waals surface area contributed by atoms with Crippen LogP contribution in [0.3, 0.4) is 0 Å². The van der Waals surface area contributed by atoms with Gasteiger partial charge in [-0.3, -0.25) is 9.59 Å². The van der Waals surface area contributed by atoms with E-state index < -0.39 is 0 Å². The molecule has 7 heteroatoms. The van der Waals surface area contributed by atoms with Crippen LogP contribution in [0.1, 0.15) is 38.2 Å². The number of hydrogen-bond donors (Lipinski definition) is 1. The lowest BCUT2D eigenvalue weighted by atomic mass is 10.1. The summed E-state index contributed by atoms with van der Waals surface area (Å²) in [6.07, 6.45) is 3.82. The van der Waals surface area contributed by atoms with Gasteiger partial charge in [0.15, 0.2) is 0 Å². The van der Waals surface area contributed by atoms with Crippen LogP contribution in [0.2, 0.25) is 0 Å². The van der Waals surface area contributed by atoms with E-state index in [1.165, 1.54) is 12.1 Å². The number of unbranched alkanes of at least 4 members (excludes halogenated alkanes) is 2. The number of carbonyl (C=O) groups is 2. The molecule has 1 heterocycles. The predicted molar refractivity (Wildman–Crippen MR) is 148 cm³/mol. The van der Waals surface area contributed by atoms with Crippen molar-refractivity contribution in [2.24, 2.45) is 0 Å². The minimum Gasteiger partial charge on any atom is -0.333 e. The van der Waals surface area contributed by atoms with Crippen LogP contribution in [0, 0.1) is 5.82 Å². The van der Waals surface area contributed by atoms with Crippen molar-refractivity contribution in [1.29, 1.82) is 0 Å². The first kappa shape index (κ1) is 26.8. The van der Waals surface area contributed by atoms with Crippen molar-refractivity contribution in [1.82, 2.24) is 14.7 Å². The first-order valence-electron chi connectivity index (χ1n) is 13.1. The third-order valence-corrected chi connectivity index (χ3v) is 6.31. The third kappa shape index (κ3) is 7.38. The maximum atomic E-state index is 13.6. The second-order valence-corrected chi connectivity index (χ2v) is 9.23. The van der Waals surface area contributed by atoms with Gasteiger partial charge in [-0.2, -0.15) is 5.10 Å². The van der Waals surface area contributed by atoms with Crippen molar-refractivity contribution < 1.29 is 14.0 Å². The number of amides is 2. The number of aromatic nitrogens is 2. The van der Waals surface area contributed by atoms with E-state index in [2.05, 4.69) is 17.3 Å². The third-order valence-electron chi connectivity index (χ3n) is 6.31. The second-order valence-electron chi connectivity index (χ2n) is 9.23. The Morgan fingerprint density at radius 2 is 1.61 bits per heavy atom. The van der Waals surface area contributed by atoms with E-state index in [1.54, 1.807) is 27.8 Å². The smallest absolute Gasteiger partial charge is 0.245 e. The normalized spacial score (nSPS) is 10.8. The van der Waals surface area contributed by atoms with E-state index in [0.29, 0.717) is 36.6 Å². The summed E-state index contributed by atoms with van der Waals surface area (Å²) in [6, 6.07) is 27.2. The maximum Gasteiger partial charge on any atom is 0.245 e. The average Bonchev–Trinajstić information content (AvgIpc) is 3.36. The van der Waals surface area contributed by atoms with E-state index >= 15 is 0 Å². The van der Waals surface area contributed by atoms with E-state index in [0.717, 1.165) is 30.4 Å². The molecule has 0 aliphatic heterocycles. The van der Waals surface area contributed by atoms with E-state index in [-0.39, 0.29) is 24.2 Å². The van der Waals surface area contributed by atoms with E-state index in [1.807, 2.05) is 60.7 Å². The molecule has 0 aliphatic rings. The molecule has 6 nitrogen and oxygen atoms in total. The average molecular weight is 513 g/mol. The number of carbonyl (C=O) groups excluding carboxylic acids is 2. The molecule has 1 aromatic heterocycles. The van der Waals surface area contributed by atoms with Gasteiger partial charge in [0.2, 0.25) is 11.8 Å². The highest BCUT2D eigenvalue weighted by Crippen LogP contribution is 2.25. The monoisotopic (exact) mass is 512 g/mol. The highest BCUT2D eigenvalue weighted by Gasteiger charge is 2.19. The molecule has 0 atom stereocenters. The van der Waals surface area contributed by atoms with Gasteiger partial charge < -0.3 is 10.2 Å². The predicted octanol–water partition coefficient (Wildman–Crippen LogP) is 6.27. The Balaban J connectivity index is 1.51. The number of rotatable bonds is 12. The summed E-state index contributed by atoms with van der Waals surface area (Å²) < 4.78 is 15.1. The lowest BCUT2D eigenvalue weighted by Crippen LogP contribution is -2.39. The molecule has 0 aliphatic carbocycles. The zero-order valence-electron chi connectivity index (χ0n) is 21.6. The SMILES string of the molecule is CCCCCN(CC(=O)Nc1cc(-c2ccccc2)nn1-c1ccc(F)cc1)C(=O)CCc1ccccc1. The van der Waals surface area contributed by atoms with Gasteiger partial charge in [0.25, 0.3) is 0 Å². The molecule has 38 heavy (non-hydrogen) atoms. The number of halogens is 1. The molecule has 1 N–H and O–H groups in total. The molecule has 0 saturated carbocycles. The van der Waals surface area contributed by atoms with Crippen molar-refractivity contribution in [2.75, 3.05) is 18.4 Å². The Bertz CT molecular complexity index is 1320. The zero-order valence-corrected chi connectivity index (χ0v) is 21.6. The highest BCUT2D eigenvalue weighted by molar-refractivity contribution is 5.94. The van der Waals surface area contributed by atoms with Gasteiger partial charge in [0.1, 0.15) is 11.6 Å². The summed E-state index contributed by atoms with van der Waals surface area (Å²) in [7, 11) is 0. The summed E-state index contributed by atoms with van der Waals surface area (Å²) in [5.74, 6) is -0.258. The van der Waals surface area contributed by atoms with Gasteiger partial charge in [-0.05, 0) is 42.7 Å². The molecule has 4 rings (SSSR count). The standard InChI is InChI=1S/C31H33FN4O2/c1-2-3-10-21-35(31(38)20-15-24-11-6-4-7-12-24)23-30(37)33-29-22-28(25-13-8-5-9-14-25)34-36(29)27-18-16-26(32)17-19-27/h4-9,11-14,16-19,22H,2-3,10,15,20-21,23H2,1H3,(H,33,37). The summed E-state index contributed by atoms with van der Waals surface area (Å²) in [5.41, 5.74) is 3.27. The van der Waals surface area contributed by atoms with Crippen LogP contribution in [0.5, 0.6) is 0 Å². The Morgan fingerprint density at radius 1 is 0.921 bits per heavy atom. The van der Waals surface area contributed by atoms with Gasteiger partial charge in [0, 0.05) is 24.6 Å². The quantitative estimate of drug-likeness (QED) is 0.228. The Morgan fingerprint density at radius 3 is 2.29 bits per heavy atom. The number of nitrogens with zero attached hydrogens (tertiary/aromatic N) is 3. The van der Waals surface area contributed by atoms with Gasteiger partial charge >= 0.3 is 0 Å². The second kappa shape index (κ2) is 13.3. The van der Waals surface area contributed by atoms with Crippen molar-refractivity contribution in [3.63, 3.8) is 0 Å². The summed E-state index contributed by atoms with van der Waals surface area (Å²) >= 11 is 0. The van der Waals surface area contributed by atoms with Crippen LogP contribution in [0.4, 0.5) is 10.2 Å². The van der Waals surface area contributed by atoms with Crippen LogP contribution in [0.15, 0.2) is 91.0 Å².